The first-order valence-electron chi connectivity index (χ1n) is 11.2. The van der Waals surface area contributed by atoms with Crippen LogP contribution in [0.5, 0.6) is 0 Å². The van der Waals surface area contributed by atoms with Crippen LogP contribution in [0.15, 0.2) is 53.7 Å². The molecule has 11 heteroatoms. The van der Waals surface area contributed by atoms with Crippen molar-refractivity contribution in [3.63, 3.8) is 0 Å². The zero-order valence-electron chi connectivity index (χ0n) is 19.5. The van der Waals surface area contributed by atoms with Gasteiger partial charge in [0, 0.05) is 31.5 Å². The number of nitrogens with one attached hydrogen (secondary N) is 2. The molecule has 2 amide bonds. The smallest absolute Gasteiger partial charge is 0.254 e. The fourth-order valence-electron chi connectivity index (χ4n) is 3.72. The van der Waals surface area contributed by atoms with Crippen molar-refractivity contribution in [1.29, 1.82) is 0 Å². The summed E-state index contributed by atoms with van der Waals surface area (Å²) < 4.78 is 21.0. The van der Waals surface area contributed by atoms with Crippen molar-refractivity contribution in [3.05, 3.63) is 65.7 Å². The van der Waals surface area contributed by atoms with E-state index in [0.29, 0.717) is 11.0 Å². The summed E-state index contributed by atoms with van der Waals surface area (Å²) in [6, 6.07) is 13.0. The molecule has 0 spiro atoms. The molecule has 4 rings (SSSR count). The van der Waals surface area contributed by atoms with Gasteiger partial charge in [0.05, 0.1) is 30.6 Å². The van der Waals surface area contributed by atoms with Crippen molar-refractivity contribution in [2.24, 2.45) is 7.05 Å². The molecule has 1 aliphatic heterocycles. The van der Waals surface area contributed by atoms with E-state index >= 15 is 0 Å². The maximum atomic E-state index is 13.9. The van der Waals surface area contributed by atoms with E-state index in [0.717, 1.165) is 37.7 Å². The summed E-state index contributed by atoms with van der Waals surface area (Å²) in [5.41, 5.74) is 1.78. The van der Waals surface area contributed by atoms with Crippen molar-refractivity contribution in [3.8, 4) is 0 Å². The van der Waals surface area contributed by atoms with E-state index in [1.165, 1.54) is 30.0 Å². The number of hydrogen-bond acceptors (Lipinski definition) is 7. The molecule has 0 aliphatic carbocycles. The van der Waals surface area contributed by atoms with Crippen LogP contribution in [-0.4, -0.2) is 58.6 Å². The lowest BCUT2D eigenvalue weighted by Crippen LogP contribution is -2.36. The van der Waals surface area contributed by atoms with Crippen LogP contribution in [0.25, 0.3) is 0 Å². The zero-order valence-corrected chi connectivity index (χ0v) is 20.3. The molecule has 184 valence electrons. The number of morpholine rings is 1. The van der Waals surface area contributed by atoms with Gasteiger partial charge in [0.1, 0.15) is 5.82 Å². The summed E-state index contributed by atoms with van der Waals surface area (Å²) in [6.45, 7) is 4.89. The molecule has 0 saturated carbocycles. The lowest BCUT2D eigenvalue weighted by atomic mass is 10.2. The Balaban J connectivity index is 1.29. The molecule has 1 saturated heterocycles. The normalized spacial score (nSPS) is 14.4. The number of amides is 2. The molecule has 1 atom stereocenters. The Bertz CT molecular complexity index is 1180. The minimum Gasteiger partial charge on any atom is -0.378 e. The molecule has 0 radical (unpaired) electrons. The number of carbonyl (C=O) groups is 2. The van der Waals surface area contributed by atoms with Crippen LogP contribution >= 0.6 is 11.8 Å². The van der Waals surface area contributed by atoms with Crippen LogP contribution < -0.4 is 15.5 Å². The second kappa shape index (κ2) is 11.3. The Morgan fingerprint density at radius 2 is 1.83 bits per heavy atom. The molecular formula is C24H27FN6O3S. The average molecular weight is 499 g/mol. The third-order valence-corrected chi connectivity index (χ3v) is 6.60. The summed E-state index contributed by atoms with van der Waals surface area (Å²) in [6.07, 6.45) is 0. The molecule has 3 aromatic rings. The molecule has 35 heavy (non-hydrogen) atoms. The lowest BCUT2D eigenvalue weighted by Gasteiger charge is -2.28. The SMILES string of the molecule is CC(NC(=O)c1ccccc1F)c1nnc(SCC(=O)Nc2ccc(N3CCOCC3)cc2)n1C. The number of thioether (sulfide) groups is 1. The van der Waals surface area contributed by atoms with Crippen molar-refractivity contribution >= 4 is 35.0 Å². The first-order chi connectivity index (χ1) is 16.9. The highest BCUT2D eigenvalue weighted by Gasteiger charge is 2.20. The minimum atomic E-state index is -0.590. The third kappa shape index (κ3) is 6.17. The van der Waals surface area contributed by atoms with E-state index in [2.05, 4.69) is 25.7 Å². The van der Waals surface area contributed by atoms with Gasteiger partial charge in [-0.25, -0.2) is 4.39 Å². The number of hydrogen-bond donors (Lipinski definition) is 2. The van der Waals surface area contributed by atoms with Crippen LogP contribution in [0.1, 0.15) is 29.1 Å². The number of halogens is 1. The first kappa shape index (κ1) is 24.7. The standard InChI is InChI=1S/C24H27FN6O3S/c1-16(26-23(33)19-5-3-4-6-20(19)25)22-28-29-24(30(22)2)35-15-21(32)27-17-7-9-18(10-8-17)31-11-13-34-14-12-31/h3-10,16H,11-15H2,1-2H3,(H,26,33)(H,27,32). The van der Waals surface area contributed by atoms with Gasteiger partial charge in [-0.05, 0) is 43.3 Å². The van der Waals surface area contributed by atoms with Crippen LogP contribution in [0, 0.1) is 5.82 Å². The number of nitrogens with zero attached hydrogens (tertiary/aromatic N) is 4. The molecule has 2 heterocycles. The van der Waals surface area contributed by atoms with E-state index in [4.69, 9.17) is 4.74 Å². The second-order valence-electron chi connectivity index (χ2n) is 8.06. The number of ether oxygens (including phenoxy) is 1. The van der Waals surface area contributed by atoms with E-state index < -0.39 is 17.8 Å². The monoisotopic (exact) mass is 498 g/mol. The molecular weight excluding hydrogens is 471 g/mol. The highest BCUT2D eigenvalue weighted by atomic mass is 32.2. The summed E-state index contributed by atoms with van der Waals surface area (Å²) in [7, 11) is 1.76. The fraction of sp³-hybridized carbons (Fsp3) is 0.333. The number of carbonyl (C=O) groups excluding carboxylic acids is 2. The number of rotatable bonds is 8. The summed E-state index contributed by atoms with van der Waals surface area (Å²) in [4.78, 5) is 27.1. The van der Waals surface area contributed by atoms with Crippen molar-refractivity contribution in [2.45, 2.75) is 18.1 Å². The Kier molecular flexibility index (Phi) is 7.98. The van der Waals surface area contributed by atoms with Gasteiger partial charge >= 0.3 is 0 Å². The van der Waals surface area contributed by atoms with Crippen LogP contribution in [0.3, 0.4) is 0 Å². The molecule has 1 unspecified atom stereocenters. The van der Waals surface area contributed by atoms with Gasteiger partial charge in [-0.2, -0.15) is 0 Å². The van der Waals surface area contributed by atoms with E-state index in [9.17, 15) is 14.0 Å². The molecule has 2 N–H and O–H groups in total. The highest BCUT2D eigenvalue weighted by Crippen LogP contribution is 2.22. The molecule has 9 nitrogen and oxygen atoms in total. The van der Waals surface area contributed by atoms with Gasteiger partial charge in [0.25, 0.3) is 5.91 Å². The van der Waals surface area contributed by atoms with E-state index in [1.54, 1.807) is 24.6 Å². The molecule has 1 fully saturated rings. The van der Waals surface area contributed by atoms with Crippen LogP contribution in [-0.2, 0) is 16.6 Å². The molecule has 2 aromatic carbocycles. The topological polar surface area (TPSA) is 101 Å². The Morgan fingerprint density at radius 1 is 1.11 bits per heavy atom. The van der Waals surface area contributed by atoms with Gasteiger partial charge in [-0.15, -0.1) is 10.2 Å². The maximum absolute atomic E-state index is 13.9. The Labute approximate surface area is 207 Å². The number of aromatic nitrogens is 3. The fourth-order valence-corrected chi connectivity index (χ4v) is 4.44. The van der Waals surface area contributed by atoms with E-state index in [1.807, 2.05) is 24.3 Å². The Morgan fingerprint density at radius 3 is 2.54 bits per heavy atom. The number of anilines is 2. The quantitative estimate of drug-likeness (QED) is 0.461. The first-order valence-corrected chi connectivity index (χ1v) is 12.2. The highest BCUT2D eigenvalue weighted by molar-refractivity contribution is 7.99. The summed E-state index contributed by atoms with van der Waals surface area (Å²) in [5.74, 6) is -0.650. The maximum Gasteiger partial charge on any atom is 0.254 e. The van der Waals surface area contributed by atoms with Crippen LogP contribution in [0.4, 0.5) is 15.8 Å². The minimum absolute atomic E-state index is 0.0363. The number of benzene rings is 2. The van der Waals surface area contributed by atoms with Gasteiger partial charge in [-0.1, -0.05) is 23.9 Å². The van der Waals surface area contributed by atoms with Gasteiger partial charge < -0.3 is 24.8 Å². The van der Waals surface area contributed by atoms with Crippen molar-refractivity contribution in [1.82, 2.24) is 20.1 Å². The van der Waals surface area contributed by atoms with Crippen molar-refractivity contribution < 1.29 is 18.7 Å². The summed E-state index contributed by atoms with van der Waals surface area (Å²) in [5, 5.41) is 14.4. The largest absolute Gasteiger partial charge is 0.378 e. The van der Waals surface area contributed by atoms with Gasteiger partial charge in [0.2, 0.25) is 5.91 Å². The lowest BCUT2D eigenvalue weighted by molar-refractivity contribution is -0.113. The predicted octanol–water partition coefficient (Wildman–Crippen LogP) is 3.01. The predicted molar refractivity (Wildman–Crippen MR) is 132 cm³/mol. The average Bonchev–Trinajstić information content (AvgIpc) is 3.24. The third-order valence-electron chi connectivity index (χ3n) is 5.58. The molecule has 0 bridgehead atoms. The second-order valence-corrected chi connectivity index (χ2v) is 9.00. The van der Waals surface area contributed by atoms with Gasteiger partial charge in [-0.3, -0.25) is 9.59 Å². The van der Waals surface area contributed by atoms with Gasteiger partial charge in [0.15, 0.2) is 11.0 Å². The van der Waals surface area contributed by atoms with Crippen LogP contribution in [0.2, 0.25) is 0 Å². The zero-order chi connectivity index (χ0) is 24.8. The Hall–Kier alpha value is -3.44. The van der Waals surface area contributed by atoms with Crippen molar-refractivity contribution in [2.75, 3.05) is 42.3 Å². The molecule has 1 aliphatic rings. The van der Waals surface area contributed by atoms with E-state index in [-0.39, 0.29) is 17.2 Å². The summed E-state index contributed by atoms with van der Waals surface area (Å²) >= 11 is 1.24. The molecule has 1 aromatic heterocycles.